The number of carbonyl (C=O) groups excluding carboxylic acids is 1. The summed E-state index contributed by atoms with van der Waals surface area (Å²) in [5.74, 6) is 1.31. The van der Waals surface area contributed by atoms with Crippen molar-refractivity contribution < 1.29 is 14.3 Å². The van der Waals surface area contributed by atoms with E-state index in [0.29, 0.717) is 37.7 Å². The van der Waals surface area contributed by atoms with Gasteiger partial charge in [-0.3, -0.25) is 4.79 Å². The minimum atomic E-state index is -0.487. The first-order valence-electron chi connectivity index (χ1n) is 14.5. The van der Waals surface area contributed by atoms with Gasteiger partial charge in [0.2, 0.25) is 11.8 Å². The quantitative estimate of drug-likeness (QED) is 0.319. The monoisotopic (exact) mass is 574 g/mol. The molecule has 224 valence electrons. The lowest BCUT2D eigenvalue weighted by atomic mass is 9.86. The molecule has 1 spiro atoms. The molecule has 2 fully saturated rings. The smallest absolute Gasteiger partial charge is 0.321 e. The van der Waals surface area contributed by atoms with Gasteiger partial charge >= 0.3 is 6.01 Å². The molecule has 4 aliphatic rings. The van der Waals surface area contributed by atoms with Gasteiger partial charge in [-0.25, -0.2) is 0 Å². The fourth-order valence-corrected chi connectivity index (χ4v) is 6.17. The molecule has 2 aromatic rings. The molecule has 3 aliphatic heterocycles. The second-order valence-corrected chi connectivity index (χ2v) is 10.9. The molecular weight excluding hydrogens is 532 g/mol. The average molecular weight is 575 g/mol. The molecular formula is C31H42N8O3. The number of carbonyl (C=O) groups is 1. The Balaban J connectivity index is 0.000000390. The molecule has 1 atom stereocenters. The van der Waals surface area contributed by atoms with Crippen molar-refractivity contribution in [1.29, 1.82) is 10.7 Å². The number of aromatic nitrogens is 2. The standard InChI is InChI=1S/C24H28N6O3.C5H11N.C2H3N/c1-3-20(31)29-10-12-30(13-11-29)21-16-7-9-24(33-22(16)28-23(27-21)32-2)8-6-15-17(14-25)19(26)5-4-18(15)24;1-6-4-2-3-5-6;1-2-3/h3-5,14,25H,1,6-13,26H2,2H3;2-5H2,1H3;1H3. The zero-order chi connectivity index (χ0) is 30.3. The van der Waals surface area contributed by atoms with Crippen LogP contribution in [0.2, 0.25) is 0 Å². The fraction of sp³-hybridized carbons (Fsp3) is 0.516. The average Bonchev–Trinajstić information content (AvgIpc) is 3.63. The van der Waals surface area contributed by atoms with Crippen LogP contribution >= 0.6 is 0 Å². The number of benzene rings is 1. The van der Waals surface area contributed by atoms with Crippen LogP contribution in [-0.4, -0.2) is 85.3 Å². The number of nitriles is 1. The molecule has 1 aliphatic carbocycles. The van der Waals surface area contributed by atoms with Gasteiger partial charge in [0.15, 0.2) is 0 Å². The fourth-order valence-electron chi connectivity index (χ4n) is 6.17. The largest absolute Gasteiger partial charge is 0.467 e. The highest BCUT2D eigenvalue weighted by molar-refractivity contribution is 5.88. The highest BCUT2D eigenvalue weighted by Gasteiger charge is 2.46. The van der Waals surface area contributed by atoms with Gasteiger partial charge in [-0.1, -0.05) is 12.6 Å². The maximum absolute atomic E-state index is 12.0. The van der Waals surface area contributed by atoms with Gasteiger partial charge < -0.3 is 35.3 Å². The Bertz CT molecular complexity index is 1340. The second kappa shape index (κ2) is 13.7. The molecule has 0 saturated carbocycles. The summed E-state index contributed by atoms with van der Waals surface area (Å²) in [7, 11) is 3.72. The number of nitrogens with two attached hydrogens (primary N) is 1. The minimum Gasteiger partial charge on any atom is -0.467 e. The van der Waals surface area contributed by atoms with Gasteiger partial charge in [0.1, 0.15) is 11.4 Å². The summed E-state index contributed by atoms with van der Waals surface area (Å²) >= 11 is 0. The normalized spacial score (nSPS) is 20.5. The van der Waals surface area contributed by atoms with Crippen LogP contribution in [0.25, 0.3) is 0 Å². The van der Waals surface area contributed by atoms with Gasteiger partial charge in [0.25, 0.3) is 0 Å². The molecule has 42 heavy (non-hydrogen) atoms. The molecule has 2 saturated heterocycles. The number of anilines is 2. The molecule has 1 aromatic heterocycles. The molecule has 11 nitrogen and oxygen atoms in total. The van der Waals surface area contributed by atoms with Crippen molar-refractivity contribution in [2.45, 2.75) is 51.0 Å². The van der Waals surface area contributed by atoms with Crippen LogP contribution in [0.1, 0.15) is 54.9 Å². The summed E-state index contributed by atoms with van der Waals surface area (Å²) < 4.78 is 12.1. The SMILES string of the molecule is C=CC(=O)N1CCN(c2nc(OC)nc3c2CCC2(CCc4c2ccc(N)c4C=N)O3)CC1.CC#N.CN1CCCC1. The molecule has 1 aromatic carbocycles. The molecule has 0 bridgehead atoms. The third kappa shape index (κ3) is 6.34. The topological polar surface area (TPSA) is 145 Å². The Labute approximate surface area is 248 Å². The predicted octanol–water partition coefficient (Wildman–Crippen LogP) is 3.31. The Hall–Kier alpha value is -4.17. The Kier molecular flexibility index (Phi) is 10.0. The van der Waals surface area contributed by atoms with E-state index >= 15 is 0 Å². The first-order valence-corrected chi connectivity index (χ1v) is 14.5. The highest BCUT2D eigenvalue weighted by Crippen LogP contribution is 2.50. The number of ether oxygens (including phenoxy) is 2. The van der Waals surface area contributed by atoms with Crippen LogP contribution < -0.4 is 20.1 Å². The predicted molar refractivity (Wildman–Crippen MR) is 163 cm³/mol. The van der Waals surface area contributed by atoms with E-state index in [4.69, 9.17) is 25.9 Å². The lowest BCUT2D eigenvalue weighted by molar-refractivity contribution is -0.126. The number of nitrogens with zero attached hydrogens (tertiary/aromatic N) is 6. The number of piperazine rings is 1. The lowest BCUT2D eigenvalue weighted by Gasteiger charge is -2.39. The number of likely N-dealkylation sites (tertiary alicyclic amines) is 1. The summed E-state index contributed by atoms with van der Waals surface area (Å²) in [6.45, 7) is 10.2. The molecule has 11 heteroatoms. The molecule has 0 radical (unpaired) electrons. The molecule has 1 amide bonds. The first kappa shape index (κ1) is 30.8. The van der Waals surface area contributed by atoms with E-state index in [1.165, 1.54) is 45.1 Å². The van der Waals surface area contributed by atoms with Crippen LogP contribution in [0.15, 0.2) is 24.8 Å². The number of fused-ring (bicyclic) bond motifs is 3. The molecule has 4 heterocycles. The molecule has 1 unspecified atom stereocenters. The van der Waals surface area contributed by atoms with Gasteiger partial charge in [-0.15, -0.1) is 0 Å². The van der Waals surface area contributed by atoms with E-state index in [1.807, 2.05) is 12.1 Å². The van der Waals surface area contributed by atoms with E-state index in [-0.39, 0.29) is 11.9 Å². The van der Waals surface area contributed by atoms with Gasteiger partial charge in [0, 0.05) is 50.6 Å². The number of hydrogen-bond donors (Lipinski definition) is 2. The first-order chi connectivity index (χ1) is 20.3. The zero-order valence-electron chi connectivity index (χ0n) is 25.0. The van der Waals surface area contributed by atoms with Crippen molar-refractivity contribution in [3.05, 3.63) is 47.0 Å². The number of nitrogens with one attached hydrogen (secondary N) is 1. The minimum absolute atomic E-state index is 0.0490. The van der Waals surface area contributed by atoms with Crippen LogP contribution in [-0.2, 0) is 23.2 Å². The van der Waals surface area contributed by atoms with E-state index in [9.17, 15) is 4.79 Å². The van der Waals surface area contributed by atoms with Crippen LogP contribution in [0.3, 0.4) is 0 Å². The van der Waals surface area contributed by atoms with Gasteiger partial charge in [0.05, 0.1) is 18.7 Å². The van der Waals surface area contributed by atoms with Crippen LogP contribution in [0, 0.1) is 16.7 Å². The molecule has 6 rings (SSSR count). The van der Waals surface area contributed by atoms with E-state index < -0.39 is 5.60 Å². The van der Waals surface area contributed by atoms with E-state index in [1.54, 1.807) is 18.1 Å². The number of amides is 1. The summed E-state index contributed by atoms with van der Waals surface area (Å²) in [5, 5.41) is 15.1. The zero-order valence-corrected chi connectivity index (χ0v) is 25.0. The van der Waals surface area contributed by atoms with E-state index in [0.717, 1.165) is 53.8 Å². The maximum atomic E-state index is 12.0. The third-order valence-corrected chi connectivity index (χ3v) is 8.38. The van der Waals surface area contributed by atoms with Crippen LogP contribution in [0.5, 0.6) is 11.9 Å². The number of hydrogen-bond acceptors (Lipinski definition) is 10. The summed E-state index contributed by atoms with van der Waals surface area (Å²) in [4.78, 5) is 27.5. The Morgan fingerprint density at radius 1 is 1.14 bits per heavy atom. The summed E-state index contributed by atoms with van der Waals surface area (Å²) in [5.41, 5.74) is 10.2. The van der Waals surface area contributed by atoms with Gasteiger partial charge in [-0.2, -0.15) is 15.2 Å². The van der Waals surface area contributed by atoms with Crippen molar-refractivity contribution in [3.8, 4) is 18.0 Å². The van der Waals surface area contributed by atoms with Crippen molar-refractivity contribution in [2.75, 3.05) is 64.1 Å². The number of rotatable bonds is 4. The summed E-state index contributed by atoms with van der Waals surface area (Å²) in [6.07, 6.45) is 8.72. The maximum Gasteiger partial charge on any atom is 0.321 e. The third-order valence-electron chi connectivity index (χ3n) is 8.38. The van der Waals surface area contributed by atoms with Crippen molar-refractivity contribution in [2.24, 2.45) is 0 Å². The number of methoxy groups -OCH3 is 1. The number of nitrogen functional groups attached to an aromatic ring is 1. The highest BCUT2D eigenvalue weighted by atomic mass is 16.5. The Morgan fingerprint density at radius 3 is 2.33 bits per heavy atom. The van der Waals surface area contributed by atoms with E-state index in [2.05, 4.69) is 33.4 Å². The Morgan fingerprint density at radius 2 is 1.79 bits per heavy atom. The van der Waals surface area contributed by atoms with Crippen molar-refractivity contribution in [1.82, 2.24) is 19.8 Å². The van der Waals surface area contributed by atoms with Crippen molar-refractivity contribution >= 4 is 23.6 Å². The second-order valence-electron chi connectivity index (χ2n) is 10.9. The lowest BCUT2D eigenvalue weighted by Crippen LogP contribution is -2.49. The van der Waals surface area contributed by atoms with Gasteiger partial charge in [-0.05, 0) is 81.9 Å². The van der Waals surface area contributed by atoms with Crippen molar-refractivity contribution in [3.63, 3.8) is 0 Å². The molecule has 3 N–H and O–H groups in total. The van der Waals surface area contributed by atoms with Crippen LogP contribution in [0.4, 0.5) is 11.5 Å². The summed E-state index contributed by atoms with van der Waals surface area (Å²) in [6, 6.07) is 5.91.